The van der Waals surface area contributed by atoms with Gasteiger partial charge in [0.25, 0.3) is 0 Å². The van der Waals surface area contributed by atoms with Gasteiger partial charge in [-0.05, 0) is 50.8 Å². The van der Waals surface area contributed by atoms with Crippen molar-refractivity contribution < 1.29 is 4.74 Å². The summed E-state index contributed by atoms with van der Waals surface area (Å²) in [6, 6.07) is 0. The third kappa shape index (κ3) is 4.29. The number of rotatable bonds is 6. The van der Waals surface area contributed by atoms with Crippen molar-refractivity contribution in [2.45, 2.75) is 52.7 Å². The second kappa shape index (κ2) is 6.97. The molecule has 0 heterocycles. The van der Waals surface area contributed by atoms with E-state index >= 15 is 0 Å². The van der Waals surface area contributed by atoms with Crippen LogP contribution < -0.4 is 5.32 Å². The van der Waals surface area contributed by atoms with E-state index in [0.717, 1.165) is 13.0 Å². The van der Waals surface area contributed by atoms with Crippen molar-refractivity contribution in [3.05, 3.63) is 23.3 Å². The van der Waals surface area contributed by atoms with E-state index in [1.807, 2.05) is 7.05 Å². The smallest absolute Gasteiger partial charge is 0.0838 e. The molecule has 17 heavy (non-hydrogen) atoms. The van der Waals surface area contributed by atoms with Gasteiger partial charge in [0.15, 0.2) is 0 Å². The lowest BCUT2D eigenvalue weighted by atomic mass is 9.88. The first-order valence-corrected chi connectivity index (χ1v) is 6.79. The van der Waals surface area contributed by atoms with Crippen LogP contribution in [0.4, 0.5) is 0 Å². The Bertz CT molecular complexity index is 291. The normalized spacial score (nSPS) is 22.4. The molecular weight excluding hydrogens is 210 g/mol. The van der Waals surface area contributed by atoms with Crippen LogP contribution in [0.15, 0.2) is 23.3 Å². The van der Waals surface area contributed by atoms with E-state index in [1.54, 1.807) is 0 Å². The Balaban J connectivity index is 2.76. The fraction of sp³-hybridized carbons (Fsp3) is 0.733. The fourth-order valence-corrected chi connectivity index (χ4v) is 2.18. The molecule has 0 aromatic heterocycles. The Morgan fingerprint density at radius 1 is 1.41 bits per heavy atom. The van der Waals surface area contributed by atoms with Crippen molar-refractivity contribution in [1.29, 1.82) is 0 Å². The highest BCUT2D eigenvalue weighted by molar-refractivity contribution is 5.33. The zero-order chi connectivity index (χ0) is 12.8. The molecule has 0 bridgehead atoms. The largest absolute Gasteiger partial charge is 0.371 e. The summed E-state index contributed by atoms with van der Waals surface area (Å²) in [5, 5.41) is 3.24. The van der Waals surface area contributed by atoms with E-state index < -0.39 is 0 Å². The topological polar surface area (TPSA) is 21.3 Å². The maximum absolute atomic E-state index is 5.97. The first-order chi connectivity index (χ1) is 8.08. The predicted octanol–water partition coefficient (Wildman–Crippen LogP) is 3.30. The third-order valence-corrected chi connectivity index (χ3v) is 3.33. The Morgan fingerprint density at radius 3 is 2.65 bits per heavy atom. The lowest BCUT2D eigenvalue weighted by Crippen LogP contribution is -2.28. The molecule has 1 rings (SSSR count). The van der Waals surface area contributed by atoms with Crippen LogP contribution in [0.2, 0.25) is 0 Å². The van der Waals surface area contributed by atoms with Gasteiger partial charge < -0.3 is 10.1 Å². The summed E-state index contributed by atoms with van der Waals surface area (Å²) in [6.07, 6.45) is 7.45. The lowest BCUT2D eigenvalue weighted by Gasteiger charge is -2.27. The monoisotopic (exact) mass is 237 g/mol. The minimum Gasteiger partial charge on any atom is -0.371 e. The average Bonchev–Trinajstić information content (AvgIpc) is 2.30. The number of nitrogens with one attached hydrogen (secondary N) is 1. The number of ether oxygens (including phenoxy) is 1. The summed E-state index contributed by atoms with van der Waals surface area (Å²) < 4.78 is 5.97. The highest BCUT2D eigenvalue weighted by Gasteiger charge is 2.20. The number of hydrogen-bond acceptors (Lipinski definition) is 2. The van der Waals surface area contributed by atoms with E-state index in [9.17, 15) is 0 Å². The van der Waals surface area contributed by atoms with Crippen molar-refractivity contribution in [3.63, 3.8) is 0 Å². The van der Waals surface area contributed by atoms with Gasteiger partial charge in [-0.1, -0.05) is 26.0 Å². The number of allylic oxidation sites excluding steroid dienone is 2. The van der Waals surface area contributed by atoms with Crippen molar-refractivity contribution in [2.75, 3.05) is 13.6 Å². The molecule has 1 aliphatic rings. The van der Waals surface area contributed by atoms with Crippen molar-refractivity contribution in [3.8, 4) is 0 Å². The molecule has 2 nitrogen and oxygen atoms in total. The van der Waals surface area contributed by atoms with E-state index in [0.29, 0.717) is 12.0 Å². The summed E-state index contributed by atoms with van der Waals surface area (Å²) in [6.45, 7) is 9.66. The Labute approximate surface area is 106 Å². The van der Waals surface area contributed by atoms with E-state index in [-0.39, 0.29) is 6.10 Å². The highest BCUT2D eigenvalue weighted by Crippen LogP contribution is 2.27. The maximum atomic E-state index is 5.97. The van der Waals surface area contributed by atoms with Gasteiger partial charge in [-0.2, -0.15) is 0 Å². The highest BCUT2D eigenvalue weighted by atomic mass is 16.5. The van der Waals surface area contributed by atoms with Crippen LogP contribution in [0.25, 0.3) is 0 Å². The summed E-state index contributed by atoms with van der Waals surface area (Å²) in [7, 11) is 1.99. The first kappa shape index (κ1) is 14.5. The average molecular weight is 237 g/mol. The quantitative estimate of drug-likeness (QED) is 0.765. The van der Waals surface area contributed by atoms with Gasteiger partial charge >= 0.3 is 0 Å². The summed E-state index contributed by atoms with van der Waals surface area (Å²) >= 11 is 0. The van der Waals surface area contributed by atoms with Gasteiger partial charge in [-0.15, -0.1) is 0 Å². The molecule has 2 atom stereocenters. The molecule has 0 spiro atoms. The summed E-state index contributed by atoms with van der Waals surface area (Å²) in [5.74, 6) is 0.654. The molecule has 0 saturated carbocycles. The third-order valence-electron chi connectivity index (χ3n) is 3.33. The van der Waals surface area contributed by atoms with E-state index in [1.165, 1.54) is 17.6 Å². The van der Waals surface area contributed by atoms with Gasteiger partial charge in [0.05, 0.1) is 12.2 Å². The molecule has 0 aromatic carbocycles. The van der Waals surface area contributed by atoms with Gasteiger partial charge in [0.2, 0.25) is 0 Å². The molecule has 1 N–H and O–H groups in total. The molecule has 0 saturated heterocycles. The number of hydrogen-bond donors (Lipinski definition) is 1. The van der Waals surface area contributed by atoms with Crippen molar-refractivity contribution in [1.82, 2.24) is 5.32 Å². The molecule has 0 radical (unpaired) electrons. The van der Waals surface area contributed by atoms with E-state index in [4.69, 9.17) is 4.74 Å². The number of likely N-dealkylation sites (N-methyl/N-ethyl adjacent to an activating group) is 1. The first-order valence-electron chi connectivity index (χ1n) is 6.79. The second-order valence-electron chi connectivity index (χ2n) is 5.17. The summed E-state index contributed by atoms with van der Waals surface area (Å²) in [5.41, 5.74) is 2.86. The van der Waals surface area contributed by atoms with Gasteiger partial charge in [-0.25, -0.2) is 0 Å². The van der Waals surface area contributed by atoms with E-state index in [2.05, 4.69) is 45.2 Å². The maximum Gasteiger partial charge on any atom is 0.0838 e. The Kier molecular flexibility index (Phi) is 5.93. The summed E-state index contributed by atoms with van der Waals surface area (Å²) in [4.78, 5) is 0. The SMILES string of the molecule is CCC(C)C1=CC[C@H](OC(C)C)C(CNC)=C1. The fourth-order valence-electron chi connectivity index (χ4n) is 2.18. The molecule has 0 aliphatic heterocycles. The van der Waals surface area contributed by atoms with Gasteiger partial charge in [0.1, 0.15) is 0 Å². The van der Waals surface area contributed by atoms with Crippen molar-refractivity contribution in [2.24, 2.45) is 5.92 Å². The van der Waals surface area contributed by atoms with Gasteiger partial charge in [0, 0.05) is 6.54 Å². The molecule has 0 amide bonds. The minimum absolute atomic E-state index is 0.259. The molecule has 1 aliphatic carbocycles. The van der Waals surface area contributed by atoms with Crippen LogP contribution in [0.3, 0.4) is 0 Å². The molecule has 0 aromatic rings. The Hall–Kier alpha value is -0.600. The molecule has 1 unspecified atom stereocenters. The van der Waals surface area contributed by atoms with Crippen LogP contribution in [0.1, 0.15) is 40.5 Å². The second-order valence-corrected chi connectivity index (χ2v) is 5.17. The molecule has 0 fully saturated rings. The molecular formula is C15H27NO. The standard InChI is InChI=1S/C15H27NO/c1-6-12(4)13-7-8-15(17-11(2)3)14(9-13)10-16-5/h7,9,11-12,15-16H,6,8,10H2,1-5H3/t12?,15-/m0/s1. The van der Waals surface area contributed by atoms with Gasteiger partial charge in [-0.3, -0.25) is 0 Å². The predicted molar refractivity (Wildman–Crippen MR) is 74.2 cm³/mol. The zero-order valence-corrected chi connectivity index (χ0v) is 11.9. The van der Waals surface area contributed by atoms with Crippen LogP contribution in [0.5, 0.6) is 0 Å². The Morgan fingerprint density at radius 2 is 2.12 bits per heavy atom. The molecule has 98 valence electrons. The van der Waals surface area contributed by atoms with Crippen LogP contribution in [0, 0.1) is 5.92 Å². The van der Waals surface area contributed by atoms with Crippen LogP contribution in [-0.4, -0.2) is 25.8 Å². The lowest BCUT2D eigenvalue weighted by molar-refractivity contribution is 0.0287. The molecule has 2 heteroatoms. The van der Waals surface area contributed by atoms with Crippen LogP contribution in [-0.2, 0) is 4.74 Å². The zero-order valence-electron chi connectivity index (χ0n) is 11.9. The van der Waals surface area contributed by atoms with Crippen LogP contribution >= 0.6 is 0 Å². The minimum atomic E-state index is 0.259. The van der Waals surface area contributed by atoms with Crippen molar-refractivity contribution >= 4 is 0 Å².